The monoisotopic (exact) mass is 853 g/mol. The van der Waals surface area contributed by atoms with Crippen molar-refractivity contribution in [3.05, 3.63) is 57.7 Å². The molecule has 2 aromatic rings. The number of nitrogens with zero attached hydrogens (tertiary/aromatic N) is 4. The summed E-state index contributed by atoms with van der Waals surface area (Å²) < 4.78 is 6.14. The molecule has 0 bridgehead atoms. The van der Waals surface area contributed by atoms with Crippen molar-refractivity contribution < 1.29 is 33.9 Å². The topological polar surface area (TPSA) is 195 Å². The van der Waals surface area contributed by atoms with Crippen LogP contribution < -0.4 is 10.5 Å². The number of halogens is 1. The van der Waals surface area contributed by atoms with Gasteiger partial charge in [-0.15, -0.1) is 0 Å². The van der Waals surface area contributed by atoms with E-state index in [1.54, 1.807) is 35.2 Å². The number of nitrogens with two attached hydrogens (primary N) is 1. The number of para-hydroxylation sites is 2. The Morgan fingerprint density at radius 1 is 1.08 bits per heavy atom. The second-order valence-electron chi connectivity index (χ2n) is 17.2. The molecule has 1 aliphatic heterocycles. The molecule has 1 aromatic carbocycles. The molecule has 13 nitrogen and oxygen atoms in total. The van der Waals surface area contributed by atoms with Gasteiger partial charge in [-0.3, -0.25) is 29.3 Å². The average Bonchev–Trinajstić information content (AvgIpc) is 3.93. The van der Waals surface area contributed by atoms with Crippen LogP contribution in [0.15, 0.2) is 47.6 Å². The molecule has 3 N–H and O–H groups in total. The van der Waals surface area contributed by atoms with E-state index >= 15 is 0 Å². The van der Waals surface area contributed by atoms with Crippen molar-refractivity contribution in [2.45, 2.75) is 135 Å². The van der Waals surface area contributed by atoms with E-state index in [0.29, 0.717) is 41.8 Å². The van der Waals surface area contributed by atoms with Crippen molar-refractivity contribution >= 4 is 70.0 Å². The number of pyridine rings is 1. The molecule has 2 aliphatic carbocycles. The van der Waals surface area contributed by atoms with Crippen molar-refractivity contribution in [2.24, 2.45) is 39.8 Å². The molecule has 59 heavy (non-hydrogen) atoms. The summed E-state index contributed by atoms with van der Waals surface area (Å²) in [5, 5.41) is 23.2. The highest BCUT2D eigenvalue weighted by Crippen LogP contribution is 2.37. The molecular weight excluding hydrogens is 794 g/mol. The van der Waals surface area contributed by atoms with E-state index in [1.165, 1.54) is 23.8 Å². The maximum atomic E-state index is 14.5. The van der Waals surface area contributed by atoms with Gasteiger partial charge in [0, 0.05) is 61.5 Å². The zero-order chi connectivity index (χ0) is 43.3. The fourth-order valence-electron chi connectivity index (χ4n) is 8.06. The van der Waals surface area contributed by atoms with Crippen molar-refractivity contribution in [2.75, 3.05) is 6.54 Å². The lowest BCUT2D eigenvalue weighted by Crippen LogP contribution is -2.49. The minimum Gasteiger partial charge on any atom is -0.472 e. The predicted octanol–water partition coefficient (Wildman–Crippen LogP) is 8.01. The molecule has 0 spiro atoms. The highest BCUT2D eigenvalue weighted by Gasteiger charge is 2.47. The number of aliphatic hydroxyl groups excluding tert-OH is 1. The number of benzene rings is 1. The summed E-state index contributed by atoms with van der Waals surface area (Å²) in [6.07, 6.45) is 10.1. The zero-order valence-corrected chi connectivity index (χ0v) is 36.2. The molecule has 2 saturated carbocycles. The lowest BCUT2D eigenvalue weighted by atomic mass is 9.74. The molecule has 6 atom stereocenters. The van der Waals surface area contributed by atoms with Crippen LogP contribution in [0.2, 0.25) is 5.02 Å². The third-order valence-electron chi connectivity index (χ3n) is 11.6. The Hall–Kier alpha value is -3.98. The van der Waals surface area contributed by atoms with Gasteiger partial charge in [0.25, 0.3) is 5.69 Å². The van der Waals surface area contributed by atoms with Crippen LogP contribution >= 0.6 is 23.8 Å². The van der Waals surface area contributed by atoms with E-state index in [4.69, 9.17) is 22.1 Å². The number of nitro benzene ring substituents is 1. The number of amides is 1. The predicted molar refractivity (Wildman–Crippen MR) is 232 cm³/mol. The number of carbonyl (C=O) groups is 4. The lowest BCUT2D eigenvalue weighted by molar-refractivity contribution is -0.384. The standard InChI is InChI=1S/C36H54ClN3O6.C8H6N2O2S/c1-5-9-24(34(44)31(43)16-22-12-13-22)17-29(41)28-18-26(46-32-15-14-25(37)20-39-32)21-40(28)35(45)27(36(2,3)4)19-30(42)33(38)23-10-7-6-8-11-23;11-10(12)8-4-2-1-3-7(8)9-5-6-13/h14-15,20,22-24,26-28,33-34,44H,5-13,16-19,21,38H2,1-4H3;1-6H/t24-,26-,27-,28+,33+,34?;/m1./s1. The third kappa shape index (κ3) is 14.3. The number of thiocarbonyl (C=S) groups is 1. The van der Waals surface area contributed by atoms with Crippen LogP contribution in [0.4, 0.5) is 11.4 Å². The smallest absolute Gasteiger partial charge is 0.294 e. The molecule has 322 valence electrons. The van der Waals surface area contributed by atoms with Crippen molar-refractivity contribution in [3.8, 4) is 5.88 Å². The van der Waals surface area contributed by atoms with E-state index in [0.717, 1.165) is 44.9 Å². The summed E-state index contributed by atoms with van der Waals surface area (Å²) >= 11 is 10.5. The van der Waals surface area contributed by atoms with Crippen molar-refractivity contribution in [1.82, 2.24) is 9.88 Å². The number of nitro groups is 1. The first-order chi connectivity index (χ1) is 28.0. The summed E-state index contributed by atoms with van der Waals surface area (Å²) in [7, 11) is 0. The Morgan fingerprint density at radius 2 is 1.78 bits per heavy atom. The quantitative estimate of drug-likeness (QED) is 0.0601. The maximum absolute atomic E-state index is 14.5. The lowest BCUT2D eigenvalue weighted by Gasteiger charge is -2.36. The Balaban J connectivity index is 0.000000502. The number of Topliss-reactive ketones (excluding diaryl/α,β-unsaturated/α-hetero) is 3. The third-order valence-corrected chi connectivity index (χ3v) is 12.0. The molecule has 1 saturated heterocycles. The second kappa shape index (κ2) is 22.6. The Morgan fingerprint density at radius 3 is 2.37 bits per heavy atom. The van der Waals surface area contributed by atoms with Gasteiger partial charge in [-0.25, -0.2) is 9.98 Å². The van der Waals surface area contributed by atoms with Crippen LogP contribution in [0.3, 0.4) is 0 Å². The van der Waals surface area contributed by atoms with Crippen LogP contribution in [-0.4, -0.2) is 85.6 Å². The first-order valence-electron chi connectivity index (χ1n) is 20.9. The Kier molecular flexibility index (Phi) is 18.2. The molecule has 5 rings (SSSR count). The van der Waals surface area contributed by atoms with Crippen LogP contribution in [0.25, 0.3) is 0 Å². The van der Waals surface area contributed by atoms with Gasteiger partial charge >= 0.3 is 0 Å². The van der Waals surface area contributed by atoms with Crippen molar-refractivity contribution in [3.63, 3.8) is 0 Å². The van der Waals surface area contributed by atoms with E-state index in [9.17, 15) is 34.4 Å². The van der Waals surface area contributed by atoms with Crippen LogP contribution in [0, 0.1) is 39.2 Å². The first-order valence-corrected chi connectivity index (χ1v) is 21.7. The highest BCUT2D eigenvalue weighted by molar-refractivity contribution is 7.80. The van der Waals surface area contributed by atoms with Gasteiger partial charge in [0.1, 0.15) is 17.9 Å². The van der Waals surface area contributed by atoms with Gasteiger partial charge in [-0.1, -0.05) is 89.3 Å². The van der Waals surface area contributed by atoms with Gasteiger partial charge in [-0.05, 0) is 67.4 Å². The summed E-state index contributed by atoms with van der Waals surface area (Å²) in [5.41, 5.74) is 6.21. The van der Waals surface area contributed by atoms with Gasteiger partial charge in [0.2, 0.25) is 11.8 Å². The number of aromatic nitrogens is 1. The molecular formula is C44H60ClN5O8S. The SMILES string of the molecule is CCC[C@H](CC(=O)[C@@H]1C[C@@H](Oc2ccc(Cl)cn2)CN1C(=O)[C@@H](CC(=O)[C@@H](N)C1CCCCC1)C(C)(C)C)C(O)C(=O)CC1CC1.O=[N+]([O-])c1ccccc1N=CC=S. The van der Waals surface area contributed by atoms with Crippen LogP contribution in [0.5, 0.6) is 5.88 Å². The molecule has 1 aromatic heterocycles. The number of carbonyl (C=O) groups excluding carboxylic acids is 4. The molecule has 15 heteroatoms. The van der Waals surface area contributed by atoms with E-state index in [1.807, 2.05) is 27.7 Å². The highest BCUT2D eigenvalue weighted by atomic mass is 35.5. The largest absolute Gasteiger partial charge is 0.472 e. The van der Waals surface area contributed by atoms with Gasteiger partial charge in [0.05, 0.1) is 28.6 Å². The molecule has 0 radical (unpaired) electrons. The maximum Gasteiger partial charge on any atom is 0.294 e. The molecule has 3 aliphatic rings. The average molecular weight is 855 g/mol. The van der Waals surface area contributed by atoms with Gasteiger partial charge < -0.3 is 20.5 Å². The number of ketones is 3. The minimum absolute atomic E-state index is 0.00845. The minimum atomic E-state index is -1.21. The van der Waals surface area contributed by atoms with E-state index < -0.39 is 46.5 Å². The van der Waals surface area contributed by atoms with Crippen LogP contribution in [0.1, 0.15) is 111 Å². The number of ether oxygens (including phenoxy) is 1. The molecule has 1 amide bonds. The number of hydrogen-bond donors (Lipinski definition) is 2. The number of rotatable bonds is 19. The van der Waals surface area contributed by atoms with Crippen molar-refractivity contribution in [1.29, 1.82) is 0 Å². The fraction of sp³-hybridized carbons (Fsp3) is 0.614. The number of aliphatic hydroxyl groups is 1. The number of likely N-dealkylation sites (tertiary alicyclic amines) is 1. The van der Waals surface area contributed by atoms with E-state index in [2.05, 4.69) is 22.2 Å². The first kappa shape index (κ1) is 47.7. The molecule has 2 heterocycles. The van der Waals surface area contributed by atoms with Gasteiger partial charge in [-0.2, -0.15) is 0 Å². The second-order valence-corrected chi connectivity index (χ2v) is 18.0. The van der Waals surface area contributed by atoms with E-state index in [-0.39, 0.29) is 60.7 Å². The molecule has 3 fully saturated rings. The zero-order valence-electron chi connectivity index (χ0n) is 34.7. The summed E-state index contributed by atoms with van der Waals surface area (Å²) in [4.78, 5) is 74.5. The number of hydrogen-bond acceptors (Lipinski definition) is 12. The molecule has 1 unspecified atom stereocenters. The Labute approximate surface area is 358 Å². The van der Waals surface area contributed by atoms with Gasteiger partial charge in [0.15, 0.2) is 17.3 Å². The van der Waals surface area contributed by atoms with Crippen LogP contribution in [-0.2, 0) is 19.2 Å². The number of aliphatic imine (C=N–C) groups is 1. The summed E-state index contributed by atoms with van der Waals surface area (Å²) in [6.45, 7) is 7.93. The normalized spacial score (nSPS) is 20.5. The summed E-state index contributed by atoms with van der Waals surface area (Å²) in [5.74, 6) is -1.20. The summed E-state index contributed by atoms with van der Waals surface area (Å²) in [6, 6.07) is 8.12. The fourth-order valence-corrected chi connectivity index (χ4v) is 8.23. The Bertz CT molecular complexity index is 1790.